The molecule has 17 heavy (non-hydrogen) atoms. The van der Waals surface area contributed by atoms with E-state index in [-0.39, 0.29) is 11.9 Å². The van der Waals surface area contributed by atoms with Crippen molar-refractivity contribution in [1.29, 1.82) is 0 Å². The van der Waals surface area contributed by atoms with Crippen LogP contribution in [0.1, 0.15) is 13.3 Å². The van der Waals surface area contributed by atoms with Gasteiger partial charge in [-0.25, -0.2) is 0 Å². The summed E-state index contributed by atoms with van der Waals surface area (Å²) in [4.78, 5) is 15.9. The van der Waals surface area contributed by atoms with Crippen LogP contribution in [0, 0.1) is 16.0 Å². The molecule has 0 spiro atoms. The molecule has 0 aromatic carbocycles. The van der Waals surface area contributed by atoms with E-state index in [1.165, 1.54) is 6.07 Å². The zero-order valence-electron chi connectivity index (χ0n) is 9.74. The third kappa shape index (κ3) is 2.52. The van der Waals surface area contributed by atoms with E-state index in [0.29, 0.717) is 5.92 Å². The van der Waals surface area contributed by atoms with E-state index >= 15 is 0 Å². The van der Waals surface area contributed by atoms with Crippen LogP contribution in [-0.2, 0) is 0 Å². The molecule has 1 aromatic rings. The van der Waals surface area contributed by atoms with Crippen LogP contribution >= 0.6 is 0 Å². The van der Waals surface area contributed by atoms with E-state index in [9.17, 15) is 10.1 Å². The molecule has 1 saturated heterocycles. The maximum absolute atomic E-state index is 10.5. The van der Waals surface area contributed by atoms with E-state index < -0.39 is 4.92 Å². The summed E-state index contributed by atoms with van der Waals surface area (Å²) in [6.07, 6.45) is 2.58. The Morgan fingerprint density at radius 3 is 2.88 bits per heavy atom. The van der Waals surface area contributed by atoms with Crippen molar-refractivity contribution < 1.29 is 4.92 Å². The van der Waals surface area contributed by atoms with Crippen molar-refractivity contribution in [3.05, 3.63) is 28.4 Å². The van der Waals surface area contributed by atoms with E-state index in [1.54, 1.807) is 12.3 Å². The quantitative estimate of drug-likeness (QED) is 0.615. The predicted molar refractivity (Wildman–Crippen MR) is 64.9 cm³/mol. The van der Waals surface area contributed by atoms with Crippen LogP contribution in [0.3, 0.4) is 0 Å². The Morgan fingerprint density at radius 2 is 2.35 bits per heavy atom. The Labute approximate surface area is 99.6 Å². The molecular weight excluding hydrogens is 220 g/mol. The van der Waals surface area contributed by atoms with Gasteiger partial charge in [-0.3, -0.25) is 0 Å². The summed E-state index contributed by atoms with van der Waals surface area (Å²) in [7, 11) is 0. The molecule has 2 rings (SSSR count). The third-order valence-corrected chi connectivity index (χ3v) is 3.30. The number of piperidine rings is 1. The standard InChI is InChI=1S/C11H16N4O2/c1-8-4-5-14(7-10(8)12)9-2-3-11(13-6-9)15(16)17/h2-3,6,8,10H,4-5,7,12H2,1H3. The van der Waals surface area contributed by atoms with Crippen molar-refractivity contribution >= 4 is 11.5 Å². The van der Waals surface area contributed by atoms with Crippen molar-refractivity contribution in [2.75, 3.05) is 18.0 Å². The van der Waals surface area contributed by atoms with Gasteiger partial charge in [0.15, 0.2) is 6.20 Å². The Bertz CT molecular complexity index is 406. The van der Waals surface area contributed by atoms with Crippen LogP contribution in [0.4, 0.5) is 11.5 Å². The fraction of sp³-hybridized carbons (Fsp3) is 0.545. The van der Waals surface area contributed by atoms with Crippen molar-refractivity contribution in [3.8, 4) is 0 Å². The average molecular weight is 236 g/mol. The molecule has 2 unspecified atom stereocenters. The lowest BCUT2D eigenvalue weighted by Gasteiger charge is -2.35. The van der Waals surface area contributed by atoms with Gasteiger partial charge in [-0.1, -0.05) is 6.92 Å². The van der Waals surface area contributed by atoms with Gasteiger partial charge in [-0.05, 0) is 28.3 Å². The summed E-state index contributed by atoms with van der Waals surface area (Å²) < 4.78 is 0. The van der Waals surface area contributed by atoms with E-state index in [1.807, 2.05) is 0 Å². The fourth-order valence-corrected chi connectivity index (χ4v) is 2.01. The van der Waals surface area contributed by atoms with Gasteiger partial charge in [0.05, 0.1) is 5.69 Å². The summed E-state index contributed by atoms with van der Waals surface area (Å²) in [6, 6.07) is 3.31. The number of hydrogen-bond acceptors (Lipinski definition) is 5. The van der Waals surface area contributed by atoms with E-state index in [4.69, 9.17) is 5.73 Å². The number of nitrogens with zero attached hydrogens (tertiary/aromatic N) is 3. The zero-order valence-corrected chi connectivity index (χ0v) is 9.74. The second-order valence-electron chi connectivity index (χ2n) is 4.51. The number of pyridine rings is 1. The summed E-state index contributed by atoms with van der Waals surface area (Å²) in [5, 5.41) is 10.5. The van der Waals surface area contributed by atoms with Crippen LogP contribution < -0.4 is 10.6 Å². The lowest BCUT2D eigenvalue weighted by Crippen LogP contribution is -2.47. The van der Waals surface area contributed by atoms with Gasteiger partial charge in [0.1, 0.15) is 0 Å². The normalized spacial score (nSPS) is 24.7. The van der Waals surface area contributed by atoms with Gasteiger partial charge in [-0.15, -0.1) is 0 Å². The Balaban J connectivity index is 2.10. The molecule has 6 nitrogen and oxygen atoms in total. The summed E-state index contributed by atoms with van der Waals surface area (Å²) in [5.41, 5.74) is 6.91. The molecular formula is C11H16N4O2. The lowest BCUT2D eigenvalue weighted by molar-refractivity contribution is -0.389. The van der Waals surface area contributed by atoms with Gasteiger partial charge in [0.2, 0.25) is 0 Å². The van der Waals surface area contributed by atoms with Crippen LogP contribution in [0.5, 0.6) is 0 Å². The van der Waals surface area contributed by atoms with E-state index in [0.717, 1.165) is 25.2 Å². The molecule has 0 amide bonds. The Kier molecular flexibility index (Phi) is 3.23. The summed E-state index contributed by atoms with van der Waals surface area (Å²) >= 11 is 0. The van der Waals surface area contributed by atoms with Crippen molar-refractivity contribution in [3.63, 3.8) is 0 Å². The first-order valence-corrected chi connectivity index (χ1v) is 5.69. The minimum Gasteiger partial charge on any atom is -0.367 e. The SMILES string of the molecule is CC1CCN(c2ccc([N+](=O)[O-])nc2)CC1N. The van der Waals surface area contributed by atoms with Crippen LogP contribution in [0.2, 0.25) is 0 Å². The van der Waals surface area contributed by atoms with Gasteiger partial charge in [-0.2, -0.15) is 0 Å². The molecule has 92 valence electrons. The zero-order chi connectivity index (χ0) is 12.4. The molecule has 1 aliphatic rings. The molecule has 0 aliphatic carbocycles. The minimum absolute atomic E-state index is 0.122. The maximum atomic E-state index is 10.5. The molecule has 0 saturated carbocycles. The monoisotopic (exact) mass is 236 g/mol. The minimum atomic E-state index is -0.492. The largest absolute Gasteiger partial charge is 0.367 e. The number of nitrogens with two attached hydrogens (primary N) is 1. The number of aromatic nitrogens is 1. The highest BCUT2D eigenvalue weighted by Gasteiger charge is 2.24. The molecule has 6 heteroatoms. The molecule has 0 radical (unpaired) electrons. The van der Waals surface area contributed by atoms with E-state index in [2.05, 4.69) is 16.8 Å². The lowest BCUT2D eigenvalue weighted by atomic mass is 9.94. The second kappa shape index (κ2) is 4.67. The first kappa shape index (κ1) is 11.8. The van der Waals surface area contributed by atoms with Crippen molar-refractivity contribution in [2.24, 2.45) is 11.7 Å². The van der Waals surface area contributed by atoms with Crippen LogP contribution in [0.15, 0.2) is 18.3 Å². The highest BCUT2D eigenvalue weighted by atomic mass is 16.6. The Morgan fingerprint density at radius 1 is 1.59 bits per heavy atom. The molecule has 0 bridgehead atoms. The average Bonchev–Trinajstić information content (AvgIpc) is 2.33. The number of hydrogen-bond donors (Lipinski definition) is 1. The van der Waals surface area contributed by atoms with Crippen LogP contribution in [0.25, 0.3) is 0 Å². The van der Waals surface area contributed by atoms with Gasteiger partial charge in [0.25, 0.3) is 0 Å². The summed E-state index contributed by atoms with van der Waals surface area (Å²) in [6.45, 7) is 3.85. The molecule has 1 aromatic heterocycles. The summed E-state index contributed by atoms with van der Waals surface area (Å²) in [5.74, 6) is 0.403. The smallest absolute Gasteiger partial charge is 0.363 e. The first-order valence-electron chi connectivity index (χ1n) is 5.69. The van der Waals surface area contributed by atoms with Crippen molar-refractivity contribution in [2.45, 2.75) is 19.4 Å². The highest BCUT2D eigenvalue weighted by molar-refractivity contribution is 5.47. The van der Waals surface area contributed by atoms with Gasteiger partial charge in [0, 0.05) is 25.2 Å². The maximum Gasteiger partial charge on any atom is 0.363 e. The molecule has 1 fully saturated rings. The van der Waals surface area contributed by atoms with Gasteiger partial charge < -0.3 is 20.7 Å². The second-order valence-corrected chi connectivity index (χ2v) is 4.51. The number of anilines is 1. The molecule has 1 aliphatic heterocycles. The topological polar surface area (TPSA) is 85.3 Å². The van der Waals surface area contributed by atoms with Gasteiger partial charge >= 0.3 is 5.82 Å². The predicted octanol–water partition coefficient (Wildman–Crippen LogP) is 1.16. The first-order chi connectivity index (χ1) is 8.08. The molecule has 2 heterocycles. The third-order valence-electron chi connectivity index (χ3n) is 3.30. The molecule has 2 atom stereocenters. The van der Waals surface area contributed by atoms with Crippen molar-refractivity contribution in [1.82, 2.24) is 4.98 Å². The number of nitro groups is 1. The fourth-order valence-electron chi connectivity index (χ4n) is 2.01. The molecule has 2 N–H and O–H groups in total. The highest BCUT2D eigenvalue weighted by Crippen LogP contribution is 2.22. The van der Waals surface area contributed by atoms with Crippen LogP contribution in [-0.4, -0.2) is 29.0 Å². The number of rotatable bonds is 2. The Hall–Kier alpha value is -1.69.